The Hall–Kier alpha value is -0.163. The maximum absolute atomic E-state index is 6.01. The van der Waals surface area contributed by atoms with Crippen molar-refractivity contribution in [2.75, 3.05) is 13.2 Å². The van der Waals surface area contributed by atoms with Crippen molar-refractivity contribution < 1.29 is 8.85 Å². The lowest BCUT2D eigenvalue weighted by Gasteiger charge is -2.16. The summed E-state index contributed by atoms with van der Waals surface area (Å²) >= 11 is 3.48. The first-order chi connectivity index (χ1) is 10.8. The Kier molecular flexibility index (Phi) is 12.0. The SMILES string of the molecule is CCCCO[SiH](CCCCc1ccc(Br)cc1)OCCCC. The molecule has 126 valence electrons. The highest BCUT2D eigenvalue weighted by Crippen LogP contribution is 2.14. The minimum atomic E-state index is -1.44. The number of rotatable bonds is 13. The fourth-order valence-corrected chi connectivity index (χ4v) is 4.40. The number of hydrogen-bond acceptors (Lipinski definition) is 2. The van der Waals surface area contributed by atoms with E-state index in [9.17, 15) is 0 Å². The molecule has 0 saturated heterocycles. The molecule has 0 N–H and O–H groups in total. The van der Waals surface area contributed by atoms with Gasteiger partial charge in [-0.15, -0.1) is 0 Å². The van der Waals surface area contributed by atoms with E-state index < -0.39 is 9.28 Å². The Morgan fingerprint density at radius 3 is 2.00 bits per heavy atom. The van der Waals surface area contributed by atoms with Crippen molar-refractivity contribution >= 4 is 25.2 Å². The zero-order chi connectivity index (χ0) is 16.0. The van der Waals surface area contributed by atoms with Crippen LogP contribution in [0, 0.1) is 0 Å². The van der Waals surface area contributed by atoms with Crippen LogP contribution in [0.5, 0.6) is 0 Å². The van der Waals surface area contributed by atoms with Crippen LogP contribution < -0.4 is 0 Å². The molecule has 4 heteroatoms. The molecule has 0 aromatic heterocycles. The van der Waals surface area contributed by atoms with E-state index in [0.717, 1.165) is 43.0 Å². The van der Waals surface area contributed by atoms with Crippen LogP contribution in [0.25, 0.3) is 0 Å². The first kappa shape index (κ1) is 19.9. The summed E-state index contributed by atoms with van der Waals surface area (Å²) in [7, 11) is -1.44. The molecule has 0 bridgehead atoms. The molecule has 0 radical (unpaired) electrons. The van der Waals surface area contributed by atoms with Crippen LogP contribution in [0.15, 0.2) is 28.7 Å². The maximum Gasteiger partial charge on any atom is 0.321 e. The summed E-state index contributed by atoms with van der Waals surface area (Å²) in [5, 5.41) is 0. The van der Waals surface area contributed by atoms with Gasteiger partial charge in [-0.2, -0.15) is 0 Å². The zero-order valence-corrected chi connectivity index (χ0v) is 16.9. The molecule has 0 aliphatic rings. The molecule has 0 heterocycles. The van der Waals surface area contributed by atoms with E-state index in [2.05, 4.69) is 54.0 Å². The number of aryl methyl sites for hydroxylation is 1. The van der Waals surface area contributed by atoms with Crippen LogP contribution in [0.2, 0.25) is 6.04 Å². The van der Waals surface area contributed by atoms with Crippen molar-refractivity contribution in [3.63, 3.8) is 0 Å². The van der Waals surface area contributed by atoms with Gasteiger partial charge in [0.05, 0.1) is 0 Å². The summed E-state index contributed by atoms with van der Waals surface area (Å²) in [4.78, 5) is 0. The maximum atomic E-state index is 6.01. The summed E-state index contributed by atoms with van der Waals surface area (Å²) in [6.45, 7) is 6.17. The monoisotopic (exact) mass is 386 g/mol. The van der Waals surface area contributed by atoms with Gasteiger partial charge in [-0.05, 0) is 49.4 Å². The summed E-state index contributed by atoms with van der Waals surface area (Å²) in [5.74, 6) is 0. The number of hydrogen-bond donors (Lipinski definition) is 0. The van der Waals surface area contributed by atoms with Crippen LogP contribution >= 0.6 is 15.9 Å². The van der Waals surface area contributed by atoms with E-state index >= 15 is 0 Å². The van der Waals surface area contributed by atoms with Gasteiger partial charge >= 0.3 is 9.28 Å². The van der Waals surface area contributed by atoms with Gasteiger partial charge in [0, 0.05) is 17.7 Å². The molecule has 2 nitrogen and oxygen atoms in total. The van der Waals surface area contributed by atoms with Crippen molar-refractivity contribution in [2.45, 2.75) is 64.8 Å². The highest BCUT2D eigenvalue weighted by molar-refractivity contribution is 9.10. The Labute approximate surface area is 146 Å². The Morgan fingerprint density at radius 1 is 0.864 bits per heavy atom. The molecule has 1 rings (SSSR count). The molecule has 1 aromatic rings. The molecule has 0 atom stereocenters. The number of benzene rings is 1. The van der Waals surface area contributed by atoms with Crippen molar-refractivity contribution in [1.29, 1.82) is 0 Å². The predicted octanol–water partition coefficient (Wildman–Crippen LogP) is 5.63. The molecule has 0 amide bonds. The summed E-state index contributed by atoms with van der Waals surface area (Å²) in [6, 6.07) is 9.79. The van der Waals surface area contributed by atoms with Crippen LogP contribution in [0.4, 0.5) is 0 Å². The Balaban J connectivity index is 2.21. The van der Waals surface area contributed by atoms with Gasteiger partial charge in [-0.1, -0.05) is 61.2 Å². The van der Waals surface area contributed by atoms with E-state index in [1.54, 1.807) is 0 Å². The lowest BCUT2D eigenvalue weighted by atomic mass is 10.1. The fraction of sp³-hybridized carbons (Fsp3) is 0.667. The summed E-state index contributed by atoms with van der Waals surface area (Å²) < 4.78 is 13.2. The molecular weight excluding hydrogens is 356 g/mol. The summed E-state index contributed by atoms with van der Waals surface area (Å²) in [5.41, 5.74) is 1.42. The van der Waals surface area contributed by atoms with Crippen LogP contribution in [0.1, 0.15) is 57.9 Å². The van der Waals surface area contributed by atoms with Gasteiger partial charge in [-0.25, -0.2) is 0 Å². The predicted molar refractivity (Wildman–Crippen MR) is 101 cm³/mol. The molecule has 1 aromatic carbocycles. The third kappa shape index (κ3) is 9.77. The molecule has 0 spiro atoms. The first-order valence-corrected chi connectivity index (χ1v) is 11.3. The van der Waals surface area contributed by atoms with E-state index in [4.69, 9.17) is 8.85 Å². The molecule has 0 fully saturated rings. The van der Waals surface area contributed by atoms with Gasteiger partial charge in [0.2, 0.25) is 0 Å². The highest BCUT2D eigenvalue weighted by atomic mass is 79.9. The minimum absolute atomic E-state index is 0.881. The molecule has 0 saturated carbocycles. The molecule has 0 unspecified atom stereocenters. The third-order valence-electron chi connectivity index (χ3n) is 3.67. The zero-order valence-electron chi connectivity index (χ0n) is 14.2. The number of unbranched alkanes of at least 4 members (excludes halogenated alkanes) is 3. The van der Waals surface area contributed by atoms with Crippen molar-refractivity contribution in [3.05, 3.63) is 34.3 Å². The Morgan fingerprint density at radius 2 is 1.45 bits per heavy atom. The van der Waals surface area contributed by atoms with E-state index in [1.807, 2.05) is 0 Å². The van der Waals surface area contributed by atoms with Gasteiger partial charge in [0.15, 0.2) is 0 Å². The minimum Gasteiger partial charge on any atom is -0.397 e. The standard InChI is InChI=1S/C18H31BrO2Si/c1-3-5-14-20-22(21-15-6-4-2)16-8-7-9-17-10-12-18(19)13-11-17/h10-13,22H,3-9,14-16H2,1-2H3. The van der Waals surface area contributed by atoms with Gasteiger partial charge in [0.1, 0.15) is 0 Å². The third-order valence-corrected chi connectivity index (χ3v) is 6.30. The van der Waals surface area contributed by atoms with Gasteiger partial charge in [-0.3, -0.25) is 0 Å². The van der Waals surface area contributed by atoms with Crippen molar-refractivity contribution in [2.24, 2.45) is 0 Å². The van der Waals surface area contributed by atoms with Crippen LogP contribution in [-0.2, 0) is 15.3 Å². The van der Waals surface area contributed by atoms with Crippen molar-refractivity contribution in [1.82, 2.24) is 0 Å². The second kappa shape index (κ2) is 13.3. The van der Waals surface area contributed by atoms with Crippen LogP contribution in [0.3, 0.4) is 0 Å². The quantitative estimate of drug-likeness (QED) is 0.323. The van der Waals surface area contributed by atoms with E-state index in [1.165, 1.54) is 31.2 Å². The molecule has 22 heavy (non-hydrogen) atoms. The van der Waals surface area contributed by atoms with E-state index in [-0.39, 0.29) is 0 Å². The summed E-state index contributed by atoms with van der Waals surface area (Å²) in [6.07, 6.45) is 8.28. The van der Waals surface area contributed by atoms with Gasteiger partial charge < -0.3 is 8.85 Å². The largest absolute Gasteiger partial charge is 0.397 e. The number of halogens is 1. The Bertz CT molecular complexity index is 360. The van der Waals surface area contributed by atoms with Gasteiger partial charge in [0.25, 0.3) is 0 Å². The topological polar surface area (TPSA) is 18.5 Å². The second-order valence-electron chi connectivity index (χ2n) is 5.75. The average molecular weight is 387 g/mol. The molecule has 0 aliphatic carbocycles. The normalized spacial score (nSPS) is 11.3. The average Bonchev–Trinajstić information content (AvgIpc) is 2.53. The molecule has 0 aliphatic heterocycles. The second-order valence-corrected chi connectivity index (χ2v) is 8.77. The highest BCUT2D eigenvalue weighted by Gasteiger charge is 2.12. The molecular formula is C18H31BrO2Si. The lowest BCUT2D eigenvalue weighted by molar-refractivity contribution is 0.190. The van der Waals surface area contributed by atoms with Crippen LogP contribution in [-0.4, -0.2) is 22.5 Å². The smallest absolute Gasteiger partial charge is 0.321 e. The van der Waals surface area contributed by atoms with Crippen molar-refractivity contribution in [3.8, 4) is 0 Å². The lowest BCUT2D eigenvalue weighted by Crippen LogP contribution is -2.24. The fourth-order valence-electron chi connectivity index (χ4n) is 2.22. The first-order valence-electron chi connectivity index (χ1n) is 8.74. The van der Waals surface area contributed by atoms with E-state index in [0.29, 0.717) is 0 Å².